The molecule has 0 radical (unpaired) electrons. The minimum atomic E-state index is -0.00741. The molecule has 4 fully saturated rings. The number of carbonyl (C=O) groups excluding carboxylic acids is 1. The van der Waals surface area contributed by atoms with Gasteiger partial charge in [-0.3, -0.25) is 4.79 Å². The van der Waals surface area contributed by atoms with E-state index in [1.807, 2.05) is 19.1 Å². The molecular weight excluding hydrogens is 366 g/mol. The summed E-state index contributed by atoms with van der Waals surface area (Å²) in [5, 5.41) is 3.25. The van der Waals surface area contributed by atoms with Gasteiger partial charge < -0.3 is 10.1 Å². The van der Waals surface area contributed by atoms with E-state index in [1.54, 1.807) is 7.11 Å². The molecule has 0 unspecified atom stereocenters. The first kappa shape index (κ1) is 16.4. The average Bonchev–Trinajstić information content (AvgIpc) is 2.50. The van der Waals surface area contributed by atoms with Crippen LogP contribution in [0.5, 0.6) is 5.75 Å². The number of halogens is 1. The lowest BCUT2D eigenvalue weighted by atomic mass is 9.49. The van der Waals surface area contributed by atoms with E-state index in [2.05, 4.69) is 21.2 Å². The van der Waals surface area contributed by atoms with E-state index in [0.717, 1.165) is 34.3 Å². The first-order valence-electron chi connectivity index (χ1n) is 9.10. The molecule has 4 heteroatoms. The molecule has 5 rings (SSSR count). The third-order valence-corrected chi connectivity index (χ3v) is 6.93. The minimum absolute atomic E-state index is 0.00741. The Labute approximate surface area is 152 Å². The number of nitrogens with one attached hydrogen (secondary N) is 1. The maximum atomic E-state index is 12.8. The van der Waals surface area contributed by atoms with Gasteiger partial charge in [-0.1, -0.05) is 15.9 Å². The van der Waals surface area contributed by atoms with E-state index in [-0.39, 0.29) is 5.91 Å². The standard InChI is InChI=1S/C20H26BrNO2/c1-12-3-16(21)7-17(18(12)24-2)19(23)22-11-20-8-13-4-14(9-20)6-15(5-13)10-20/h3,7,13-15H,4-6,8-11H2,1-2H3,(H,22,23). The zero-order chi connectivity index (χ0) is 16.9. The van der Waals surface area contributed by atoms with Gasteiger partial charge in [0.1, 0.15) is 5.75 Å². The summed E-state index contributed by atoms with van der Waals surface area (Å²) in [4.78, 5) is 12.8. The zero-order valence-corrected chi connectivity index (χ0v) is 16.1. The Kier molecular flexibility index (Phi) is 4.14. The van der Waals surface area contributed by atoms with Gasteiger partial charge >= 0.3 is 0 Å². The van der Waals surface area contributed by atoms with Gasteiger partial charge in [-0.05, 0) is 86.3 Å². The summed E-state index contributed by atoms with van der Waals surface area (Å²) >= 11 is 3.49. The summed E-state index contributed by atoms with van der Waals surface area (Å²) in [6, 6.07) is 3.84. The fourth-order valence-electron chi connectivity index (χ4n) is 6.04. The van der Waals surface area contributed by atoms with Crippen molar-refractivity contribution in [3.8, 4) is 5.75 Å². The van der Waals surface area contributed by atoms with Crippen LogP contribution < -0.4 is 10.1 Å². The molecular formula is C20H26BrNO2. The fourth-order valence-corrected chi connectivity index (χ4v) is 6.61. The SMILES string of the molecule is COc1c(C)cc(Br)cc1C(=O)NCC12CC3CC(CC(C3)C1)C2. The molecule has 0 saturated heterocycles. The topological polar surface area (TPSA) is 38.3 Å². The number of hydrogen-bond donors (Lipinski definition) is 1. The van der Waals surface area contributed by atoms with E-state index < -0.39 is 0 Å². The molecule has 4 aliphatic rings. The quantitative estimate of drug-likeness (QED) is 0.806. The Morgan fingerprint density at radius 3 is 2.33 bits per heavy atom. The van der Waals surface area contributed by atoms with Gasteiger partial charge in [-0.25, -0.2) is 0 Å². The molecule has 1 aromatic carbocycles. The molecule has 1 amide bonds. The summed E-state index contributed by atoms with van der Waals surface area (Å²) in [5.74, 6) is 3.41. The number of ether oxygens (including phenoxy) is 1. The fraction of sp³-hybridized carbons (Fsp3) is 0.650. The van der Waals surface area contributed by atoms with E-state index >= 15 is 0 Å². The van der Waals surface area contributed by atoms with Crippen LogP contribution in [0.3, 0.4) is 0 Å². The molecule has 0 aromatic heterocycles. The molecule has 24 heavy (non-hydrogen) atoms. The van der Waals surface area contributed by atoms with Crippen molar-refractivity contribution in [3.63, 3.8) is 0 Å². The molecule has 4 saturated carbocycles. The number of hydrogen-bond acceptors (Lipinski definition) is 2. The van der Waals surface area contributed by atoms with Crippen molar-refractivity contribution in [2.45, 2.75) is 45.4 Å². The highest BCUT2D eigenvalue weighted by molar-refractivity contribution is 9.10. The van der Waals surface area contributed by atoms with Crippen LogP contribution in [0.4, 0.5) is 0 Å². The number of aryl methyl sites for hydroxylation is 1. The average molecular weight is 392 g/mol. The molecule has 0 heterocycles. The smallest absolute Gasteiger partial charge is 0.255 e. The van der Waals surface area contributed by atoms with Crippen molar-refractivity contribution >= 4 is 21.8 Å². The van der Waals surface area contributed by atoms with Crippen molar-refractivity contribution < 1.29 is 9.53 Å². The maximum absolute atomic E-state index is 12.8. The van der Waals surface area contributed by atoms with Crippen LogP contribution in [0.1, 0.15) is 54.4 Å². The van der Waals surface area contributed by atoms with Gasteiger partial charge in [0.2, 0.25) is 0 Å². The Hall–Kier alpha value is -1.03. The number of rotatable bonds is 4. The predicted octanol–water partition coefficient (Wildman–Crippen LogP) is 4.71. The van der Waals surface area contributed by atoms with Gasteiger partial charge in [0.05, 0.1) is 12.7 Å². The second kappa shape index (κ2) is 6.05. The molecule has 1 N–H and O–H groups in total. The van der Waals surface area contributed by atoms with E-state index in [9.17, 15) is 4.79 Å². The number of methoxy groups -OCH3 is 1. The highest BCUT2D eigenvalue weighted by atomic mass is 79.9. The van der Waals surface area contributed by atoms with Gasteiger partial charge in [-0.2, -0.15) is 0 Å². The summed E-state index contributed by atoms with van der Waals surface area (Å²) < 4.78 is 6.38. The van der Waals surface area contributed by atoms with Gasteiger partial charge in [0.15, 0.2) is 0 Å². The van der Waals surface area contributed by atoms with Crippen LogP contribution in [0, 0.1) is 30.1 Å². The van der Waals surface area contributed by atoms with Gasteiger partial charge in [0, 0.05) is 11.0 Å². The number of amides is 1. The van der Waals surface area contributed by atoms with Crippen molar-refractivity contribution in [2.75, 3.05) is 13.7 Å². The number of benzene rings is 1. The maximum Gasteiger partial charge on any atom is 0.255 e. The Bertz CT molecular complexity index is 635. The van der Waals surface area contributed by atoms with Crippen LogP contribution in [-0.2, 0) is 0 Å². The van der Waals surface area contributed by atoms with Gasteiger partial charge in [-0.15, -0.1) is 0 Å². The first-order chi connectivity index (χ1) is 11.5. The first-order valence-corrected chi connectivity index (χ1v) is 9.90. The van der Waals surface area contributed by atoms with Crippen molar-refractivity contribution in [1.29, 1.82) is 0 Å². The lowest BCUT2D eigenvalue weighted by Crippen LogP contribution is -2.51. The van der Waals surface area contributed by atoms with Crippen molar-refractivity contribution in [2.24, 2.45) is 23.2 Å². The van der Waals surface area contributed by atoms with Crippen molar-refractivity contribution in [3.05, 3.63) is 27.7 Å². The third kappa shape index (κ3) is 2.87. The summed E-state index contributed by atoms with van der Waals surface area (Å²) in [6.45, 7) is 2.80. The molecule has 0 spiro atoms. The Balaban J connectivity index is 1.50. The van der Waals surface area contributed by atoms with Gasteiger partial charge in [0.25, 0.3) is 5.91 Å². The zero-order valence-electron chi connectivity index (χ0n) is 14.5. The van der Waals surface area contributed by atoms with Crippen LogP contribution in [0.2, 0.25) is 0 Å². The Morgan fingerprint density at radius 1 is 1.21 bits per heavy atom. The number of carbonyl (C=O) groups is 1. The molecule has 3 nitrogen and oxygen atoms in total. The third-order valence-electron chi connectivity index (χ3n) is 6.48. The molecule has 0 aliphatic heterocycles. The predicted molar refractivity (Wildman–Crippen MR) is 98.4 cm³/mol. The van der Waals surface area contributed by atoms with E-state index in [4.69, 9.17) is 4.74 Å². The minimum Gasteiger partial charge on any atom is -0.496 e. The largest absolute Gasteiger partial charge is 0.496 e. The molecule has 1 aromatic rings. The van der Waals surface area contributed by atoms with Crippen LogP contribution in [-0.4, -0.2) is 19.6 Å². The lowest BCUT2D eigenvalue weighted by Gasteiger charge is -2.56. The summed E-state index contributed by atoms with van der Waals surface area (Å²) in [6.07, 6.45) is 8.25. The lowest BCUT2D eigenvalue weighted by molar-refractivity contribution is -0.0503. The molecule has 4 bridgehead atoms. The highest BCUT2D eigenvalue weighted by Gasteiger charge is 2.50. The van der Waals surface area contributed by atoms with Crippen LogP contribution in [0.25, 0.3) is 0 Å². The Morgan fingerprint density at radius 2 is 1.79 bits per heavy atom. The van der Waals surface area contributed by atoms with E-state index in [0.29, 0.717) is 16.7 Å². The molecule has 0 atom stereocenters. The second-order valence-electron chi connectivity index (χ2n) is 8.40. The van der Waals surface area contributed by atoms with Crippen LogP contribution >= 0.6 is 15.9 Å². The monoisotopic (exact) mass is 391 g/mol. The molecule has 130 valence electrons. The molecule has 4 aliphatic carbocycles. The van der Waals surface area contributed by atoms with Crippen LogP contribution in [0.15, 0.2) is 16.6 Å². The van der Waals surface area contributed by atoms with E-state index in [1.165, 1.54) is 38.5 Å². The summed E-state index contributed by atoms with van der Waals surface area (Å²) in [7, 11) is 1.63. The van der Waals surface area contributed by atoms with Crippen molar-refractivity contribution in [1.82, 2.24) is 5.32 Å². The summed E-state index contributed by atoms with van der Waals surface area (Å²) in [5.41, 5.74) is 1.97. The highest BCUT2D eigenvalue weighted by Crippen LogP contribution is 2.59. The second-order valence-corrected chi connectivity index (χ2v) is 9.32. The normalized spacial score (nSPS) is 33.5.